The monoisotopic (exact) mass is 426 g/mol. The summed E-state index contributed by atoms with van der Waals surface area (Å²) in [6, 6.07) is 10.8. The fourth-order valence-electron chi connectivity index (χ4n) is 1.76. The minimum absolute atomic E-state index is 0.212. The van der Waals surface area contributed by atoms with Gasteiger partial charge < -0.3 is 11.1 Å². The summed E-state index contributed by atoms with van der Waals surface area (Å²) < 4.78 is 1.74. The molecule has 0 saturated heterocycles. The molecule has 3 N–H and O–H groups in total. The molecule has 1 amide bonds. The Labute approximate surface area is 145 Å². The van der Waals surface area contributed by atoms with Crippen LogP contribution in [-0.4, -0.2) is 10.9 Å². The third-order valence-corrected chi connectivity index (χ3v) is 4.50. The summed E-state index contributed by atoms with van der Waals surface area (Å²) in [6.07, 6.45) is 0. The van der Waals surface area contributed by atoms with Crippen molar-refractivity contribution in [2.75, 3.05) is 5.32 Å². The zero-order chi connectivity index (χ0) is 15.6. The van der Waals surface area contributed by atoms with Gasteiger partial charge in [0.2, 0.25) is 0 Å². The summed E-state index contributed by atoms with van der Waals surface area (Å²) in [4.78, 5) is 12.5. The molecule has 21 heavy (non-hydrogen) atoms. The van der Waals surface area contributed by atoms with Gasteiger partial charge in [-0.3, -0.25) is 4.79 Å². The van der Waals surface area contributed by atoms with Crippen LogP contribution < -0.4 is 11.1 Å². The third kappa shape index (κ3) is 3.90. The largest absolute Gasteiger partial charge is 0.389 e. The van der Waals surface area contributed by atoms with Gasteiger partial charge in [-0.2, -0.15) is 0 Å². The molecule has 0 aliphatic carbocycles. The Kier molecular flexibility index (Phi) is 5.13. The van der Waals surface area contributed by atoms with Gasteiger partial charge in [0, 0.05) is 20.1 Å². The van der Waals surface area contributed by atoms with E-state index in [0.717, 1.165) is 14.5 Å². The maximum Gasteiger partial charge on any atom is 0.255 e. The van der Waals surface area contributed by atoms with Crippen molar-refractivity contribution in [3.63, 3.8) is 0 Å². The van der Waals surface area contributed by atoms with E-state index in [1.54, 1.807) is 24.3 Å². The molecular weight excluding hydrogens is 416 g/mol. The number of thiocarbonyl (C=S) groups is 1. The first-order valence-corrected chi connectivity index (χ1v) is 8.05. The van der Waals surface area contributed by atoms with Crippen LogP contribution in [0.3, 0.4) is 0 Å². The summed E-state index contributed by atoms with van der Waals surface area (Å²) in [5.41, 5.74) is 8.54. The van der Waals surface area contributed by atoms with Crippen molar-refractivity contribution in [1.82, 2.24) is 0 Å². The highest BCUT2D eigenvalue weighted by molar-refractivity contribution is 9.10. The van der Waals surface area contributed by atoms with Gasteiger partial charge in [0.25, 0.3) is 5.91 Å². The molecule has 0 heterocycles. The molecule has 0 spiro atoms. The van der Waals surface area contributed by atoms with Gasteiger partial charge in [0.15, 0.2) is 0 Å². The number of nitrogens with one attached hydrogen (secondary N) is 1. The quantitative estimate of drug-likeness (QED) is 0.713. The van der Waals surface area contributed by atoms with Crippen LogP contribution in [-0.2, 0) is 0 Å². The van der Waals surface area contributed by atoms with Crippen LogP contribution in [0.5, 0.6) is 0 Å². The van der Waals surface area contributed by atoms with Crippen LogP contribution in [0.4, 0.5) is 5.69 Å². The number of hydrogen-bond acceptors (Lipinski definition) is 2. The van der Waals surface area contributed by atoms with E-state index in [2.05, 4.69) is 37.2 Å². The van der Waals surface area contributed by atoms with Crippen molar-refractivity contribution in [3.8, 4) is 0 Å². The number of halogens is 2. The number of anilines is 1. The lowest BCUT2D eigenvalue weighted by atomic mass is 10.1. The fourth-order valence-corrected chi connectivity index (χ4v) is 2.67. The minimum Gasteiger partial charge on any atom is -0.389 e. The first kappa shape index (κ1) is 16.1. The Hall–Kier alpha value is -1.24. The molecular formula is C15H12Br2N2OS. The van der Waals surface area contributed by atoms with E-state index in [9.17, 15) is 4.79 Å². The van der Waals surface area contributed by atoms with Crippen LogP contribution >= 0.6 is 44.1 Å². The van der Waals surface area contributed by atoms with E-state index >= 15 is 0 Å². The molecule has 6 heteroatoms. The van der Waals surface area contributed by atoms with Crippen molar-refractivity contribution >= 4 is 60.7 Å². The van der Waals surface area contributed by atoms with E-state index in [0.29, 0.717) is 16.8 Å². The molecule has 2 aromatic rings. The Morgan fingerprint density at radius 1 is 1.19 bits per heavy atom. The van der Waals surface area contributed by atoms with Crippen molar-refractivity contribution in [2.24, 2.45) is 5.73 Å². The molecule has 0 saturated carbocycles. The molecule has 0 atom stereocenters. The lowest BCUT2D eigenvalue weighted by Crippen LogP contribution is -2.17. The van der Waals surface area contributed by atoms with Gasteiger partial charge >= 0.3 is 0 Å². The highest BCUT2D eigenvalue weighted by Gasteiger charge is 2.12. The zero-order valence-electron chi connectivity index (χ0n) is 11.1. The van der Waals surface area contributed by atoms with E-state index in [4.69, 9.17) is 18.0 Å². The number of hydrogen-bond donors (Lipinski definition) is 2. The molecule has 0 bridgehead atoms. The second kappa shape index (κ2) is 6.68. The van der Waals surface area contributed by atoms with Crippen LogP contribution in [0.2, 0.25) is 0 Å². The number of nitrogens with two attached hydrogens (primary N) is 1. The third-order valence-electron chi connectivity index (χ3n) is 2.93. The first-order valence-electron chi connectivity index (χ1n) is 6.05. The van der Waals surface area contributed by atoms with Crippen molar-refractivity contribution in [1.29, 1.82) is 0 Å². The Bertz CT molecular complexity index is 732. The minimum atomic E-state index is -0.212. The molecule has 0 unspecified atom stereocenters. The number of aryl methyl sites for hydroxylation is 1. The predicted molar refractivity (Wildman–Crippen MR) is 96.9 cm³/mol. The molecule has 108 valence electrons. The van der Waals surface area contributed by atoms with Crippen LogP contribution in [0.25, 0.3) is 0 Å². The van der Waals surface area contributed by atoms with E-state index in [1.165, 1.54) is 0 Å². The molecule has 0 fully saturated rings. The maximum atomic E-state index is 12.3. The van der Waals surface area contributed by atoms with Crippen LogP contribution in [0, 0.1) is 6.92 Å². The molecule has 0 aliphatic heterocycles. The number of rotatable bonds is 3. The van der Waals surface area contributed by atoms with Gasteiger partial charge in [-0.05, 0) is 42.8 Å². The van der Waals surface area contributed by atoms with Gasteiger partial charge in [0.1, 0.15) is 4.99 Å². The SMILES string of the molecule is Cc1ccc(C(=O)Nc2ccc(Br)cc2C(N)=S)cc1Br. The van der Waals surface area contributed by atoms with Crippen molar-refractivity contribution in [3.05, 3.63) is 62.0 Å². The lowest BCUT2D eigenvalue weighted by molar-refractivity contribution is 0.102. The van der Waals surface area contributed by atoms with Crippen LogP contribution in [0.15, 0.2) is 45.3 Å². The Morgan fingerprint density at radius 2 is 1.90 bits per heavy atom. The van der Waals surface area contributed by atoms with Crippen LogP contribution in [0.1, 0.15) is 21.5 Å². The predicted octanol–water partition coefficient (Wildman–Crippen LogP) is 4.41. The Balaban J connectivity index is 2.31. The summed E-state index contributed by atoms with van der Waals surface area (Å²) >= 11 is 11.8. The lowest BCUT2D eigenvalue weighted by Gasteiger charge is -2.11. The average molecular weight is 428 g/mol. The zero-order valence-corrected chi connectivity index (χ0v) is 15.1. The summed E-state index contributed by atoms with van der Waals surface area (Å²) in [7, 11) is 0. The standard InChI is InChI=1S/C15H12Br2N2OS/c1-8-2-3-9(6-12(8)17)15(20)19-13-5-4-10(16)7-11(13)14(18)21/h2-7H,1H3,(H2,18,21)(H,19,20). The normalized spacial score (nSPS) is 10.2. The molecule has 0 radical (unpaired) electrons. The highest BCUT2D eigenvalue weighted by atomic mass is 79.9. The second-order valence-electron chi connectivity index (χ2n) is 4.47. The summed E-state index contributed by atoms with van der Waals surface area (Å²) in [5.74, 6) is -0.212. The number of benzene rings is 2. The molecule has 2 aromatic carbocycles. The second-order valence-corrected chi connectivity index (χ2v) is 6.68. The van der Waals surface area contributed by atoms with E-state index < -0.39 is 0 Å². The van der Waals surface area contributed by atoms with Gasteiger partial charge in [-0.15, -0.1) is 0 Å². The molecule has 0 aromatic heterocycles. The molecule has 2 rings (SSSR count). The number of amides is 1. The van der Waals surface area contributed by atoms with Crippen molar-refractivity contribution < 1.29 is 4.79 Å². The maximum absolute atomic E-state index is 12.3. The fraction of sp³-hybridized carbons (Fsp3) is 0.0667. The van der Waals surface area contributed by atoms with E-state index in [1.807, 2.05) is 19.1 Å². The van der Waals surface area contributed by atoms with Gasteiger partial charge in [0.05, 0.1) is 5.69 Å². The smallest absolute Gasteiger partial charge is 0.255 e. The van der Waals surface area contributed by atoms with Gasteiger partial charge in [-0.25, -0.2) is 0 Å². The van der Waals surface area contributed by atoms with Gasteiger partial charge in [-0.1, -0.05) is 50.1 Å². The average Bonchev–Trinajstić information content (AvgIpc) is 2.43. The van der Waals surface area contributed by atoms with E-state index in [-0.39, 0.29) is 10.9 Å². The highest BCUT2D eigenvalue weighted by Crippen LogP contribution is 2.23. The molecule has 3 nitrogen and oxygen atoms in total. The molecule has 0 aliphatic rings. The number of carbonyl (C=O) groups is 1. The summed E-state index contributed by atoms with van der Waals surface area (Å²) in [5, 5.41) is 2.83. The van der Waals surface area contributed by atoms with Crippen molar-refractivity contribution in [2.45, 2.75) is 6.92 Å². The topological polar surface area (TPSA) is 55.1 Å². The number of carbonyl (C=O) groups excluding carboxylic acids is 1. The Morgan fingerprint density at radius 3 is 2.52 bits per heavy atom. The summed E-state index contributed by atoms with van der Waals surface area (Å²) in [6.45, 7) is 1.96. The first-order chi connectivity index (χ1) is 9.88.